The zero-order valence-corrected chi connectivity index (χ0v) is 39.3. The molecule has 0 aliphatic carbocycles. The summed E-state index contributed by atoms with van der Waals surface area (Å²) in [4.78, 5) is 36.5. The van der Waals surface area contributed by atoms with Crippen LogP contribution in [-0.2, 0) is 12.4 Å². The van der Waals surface area contributed by atoms with Crippen LogP contribution in [0.2, 0.25) is 0 Å². The van der Waals surface area contributed by atoms with Gasteiger partial charge in [-0.05, 0) is 36.2 Å². The van der Waals surface area contributed by atoms with E-state index in [1.807, 2.05) is 20.1 Å². The Morgan fingerprint density at radius 3 is 1.91 bits per heavy atom. The summed E-state index contributed by atoms with van der Waals surface area (Å²) in [6, 6.07) is 0. The van der Waals surface area contributed by atoms with Crippen molar-refractivity contribution in [1.29, 1.82) is 0 Å². The summed E-state index contributed by atoms with van der Waals surface area (Å²) in [5.74, 6) is 1.76. The molecule has 258 valence electrons. The van der Waals surface area contributed by atoms with Gasteiger partial charge >= 0.3 is 61.9 Å². The molecule has 0 unspecified atom stereocenters. The minimum atomic E-state index is -0.285. The summed E-state index contributed by atoms with van der Waals surface area (Å²) in [6.45, 7) is 12.4. The van der Waals surface area contributed by atoms with Crippen molar-refractivity contribution in [2.24, 2.45) is 4.36 Å². The van der Waals surface area contributed by atoms with Gasteiger partial charge in [0.05, 0.1) is 12.4 Å². The van der Waals surface area contributed by atoms with Crippen molar-refractivity contribution in [1.82, 2.24) is 49.4 Å². The van der Waals surface area contributed by atoms with Gasteiger partial charge in [-0.15, -0.1) is 0 Å². The van der Waals surface area contributed by atoms with Gasteiger partial charge in [-0.25, -0.2) is 23.9 Å². The number of fused-ring (bicyclic) bond motifs is 2. The van der Waals surface area contributed by atoms with E-state index in [0.717, 1.165) is 16.7 Å². The van der Waals surface area contributed by atoms with Crippen LogP contribution in [0.15, 0.2) is 37.7 Å². The van der Waals surface area contributed by atoms with Crippen molar-refractivity contribution in [3.8, 4) is 0 Å². The summed E-state index contributed by atoms with van der Waals surface area (Å²) in [6.07, 6.45) is 7.11. The topological polar surface area (TPSA) is 196 Å². The molecule has 0 atom stereocenters. The minimum absolute atomic E-state index is 0.219. The number of nitrogen functional groups attached to an aromatic ring is 1. The zero-order valence-electron chi connectivity index (χ0n) is 26.1. The van der Waals surface area contributed by atoms with Gasteiger partial charge in [-0.2, -0.15) is 19.2 Å². The van der Waals surface area contributed by atoms with Gasteiger partial charge in [0.2, 0.25) is 4.77 Å². The number of nitrogens with one attached hydrogen (secondary N) is 4. The Hall–Kier alpha value is -0.0500. The van der Waals surface area contributed by atoms with Gasteiger partial charge in [0.1, 0.15) is 5.82 Å². The number of nitrogens with two attached hydrogens (primary N) is 1. The van der Waals surface area contributed by atoms with Crippen LogP contribution in [-0.4, -0.2) is 62.7 Å². The van der Waals surface area contributed by atoms with Crippen molar-refractivity contribution < 1.29 is 13.3 Å². The quantitative estimate of drug-likeness (QED) is 0.0974. The van der Waals surface area contributed by atoms with Crippen molar-refractivity contribution in [3.63, 3.8) is 0 Å². The number of H-pyrrole nitrogens is 4. The third-order valence-electron chi connectivity index (χ3n) is 5.59. The van der Waals surface area contributed by atoms with E-state index in [0.29, 0.717) is 53.3 Å². The summed E-state index contributed by atoms with van der Waals surface area (Å²) < 4.78 is 5.96. The second-order valence-corrected chi connectivity index (χ2v) is 27.4. The maximum atomic E-state index is 11.6. The number of rotatable bonds is 4. The van der Waals surface area contributed by atoms with E-state index in [2.05, 4.69) is 159 Å². The van der Waals surface area contributed by atoms with Gasteiger partial charge in [-0.1, -0.05) is 53.3 Å². The Morgan fingerprint density at radius 1 is 0.935 bits per heavy atom. The molecular formula is C24H36I5N12O2S3-. The standard InChI is InChI=1S/C9H12N4OS.C8H10N4OS.C6H11N3.CH3NS.I3.I2/c1-5(2)6-4-10-13-7(6)11-8(15-3)12-9(13)14;1-4(2)5-3-9-12-6(5)10-7(14)11-8(12)13;1-4(2)5-3-8-9-6(5)7;1-2-3;1-3-2;1-2/h4-5H,1-3H3,(H,11,12,14);3-4,9H,1-2H3,(H,11,13,14);3-4H,1-2H3,(H3,7,8,9);1H3;;/q;;;;-1;. The molecule has 0 spiro atoms. The molecule has 22 heteroatoms. The molecule has 5 heterocycles. The Balaban J connectivity index is 0.000000605. The average molecular weight is 1260 g/mol. The van der Waals surface area contributed by atoms with Crippen LogP contribution >= 0.6 is 98.4 Å². The van der Waals surface area contributed by atoms with E-state index in [1.54, 1.807) is 25.6 Å². The van der Waals surface area contributed by atoms with Crippen LogP contribution in [0.1, 0.15) is 76.0 Å². The van der Waals surface area contributed by atoms with Crippen LogP contribution in [0.4, 0.5) is 5.82 Å². The first kappa shape index (κ1) is 46.0. The number of aromatic amines is 4. The molecule has 0 amide bonds. The van der Waals surface area contributed by atoms with Crippen LogP contribution in [0.3, 0.4) is 0 Å². The molecule has 5 aromatic heterocycles. The number of hydrogen-bond donors (Lipinski definition) is 5. The molecule has 0 aliphatic rings. The van der Waals surface area contributed by atoms with Crippen molar-refractivity contribution in [2.75, 3.05) is 19.0 Å². The first-order valence-electron chi connectivity index (χ1n) is 13.0. The fourth-order valence-electron chi connectivity index (χ4n) is 3.51. The van der Waals surface area contributed by atoms with Crippen LogP contribution in [0.25, 0.3) is 11.3 Å². The van der Waals surface area contributed by atoms with E-state index in [-0.39, 0.29) is 16.2 Å². The number of hydrogen-bond acceptors (Lipinski definition) is 11. The molecule has 5 rings (SSSR count). The molecule has 0 saturated carbocycles. The SMILES string of the molecule is CC(C)c1c[nH]n2c(=O)[nH]c(=S)nc12.CC(C)c1cn[nH]c1N.CN=S.CSc1nc2c(C(C)C)cnn2c(=O)[nH]1.II.I[I-]I. The van der Waals surface area contributed by atoms with Gasteiger partial charge < -0.3 is 5.73 Å². The molecule has 5 aromatic rings. The predicted molar refractivity (Wildman–Crippen MR) is 223 cm³/mol. The second-order valence-electron chi connectivity index (χ2n) is 9.56. The second kappa shape index (κ2) is 25.0. The normalized spacial score (nSPS) is 10.2. The average Bonchev–Trinajstić information content (AvgIpc) is 3.74. The van der Waals surface area contributed by atoms with E-state index < -0.39 is 0 Å². The van der Waals surface area contributed by atoms with Crippen LogP contribution < -0.4 is 30.4 Å². The van der Waals surface area contributed by atoms with Crippen LogP contribution in [0.5, 0.6) is 0 Å². The molecule has 0 radical (unpaired) electrons. The number of halogens is 5. The molecule has 14 nitrogen and oxygen atoms in total. The predicted octanol–water partition coefficient (Wildman–Crippen LogP) is 4.48. The number of aromatic nitrogens is 10. The number of thioether (sulfide) groups is 1. The fraction of sp³-hybridized carbons (Fsp3) is 0.458. The third kappa shape index (κ3) is 14.8. The zero-order chi connectivity index (χ0) is 35.6. The fourth-order valence-corrected chi connectivity index (χ4v) is 4.05. The third-order valence-corrected chi connectivity index (χ3v) is 6.36. The Kier molecular flexibility index (Phi) is 25.0. The van der Waals surface area contributed by atoms with Gasteiger partial charge in [0.25, 0.3) is 0 Å². The molecule has 46 heavy (non-hydrogen) atoms. The molecule has 0 saturated heterocycles. The van der Waals surface area contributed by atoms with Gasteiger partial charge in [0.15, 0.2) is 16.5 Å². The summed E-state index contributed by atoms with van der Waals surface area (Å²) in [5, 5.41) is 13.9. The van der Waals surface area contributed by atoms with E-state index in [4.69, 9.17) is 18.0 Å². The van der Waals surface area contributed by atoms with Gasteiger partial charge in [-0.3, -0.25) is 20.2 Å². The molecule has 0 fully saturated rings. The Labute approximate surface area is 334 Å². The molecule has 6 N–H and O–H groups in total. The van der Waals surface area contributed by atoms with Crippen molar-refractivity contribution >= 4 is 128 Å². The number of anilines is 1. The summed E-state index contributed by atoms with van der Waals surface area (Å²) >= 11 is 19.8. The van der Waals surface area contributed by atoms with E-state index >= 15 is 0 Å². The first-order valence-corrected chi connectivity index (χ1v) is 33.9. The Bertz CT molecular complexity index is 1780. The number of nitrogens with zero attached hydrogens (tertiary/aromatic N) is 7. The first-order chi connectivity index (χ1) is 21.8. The maximum absolute atomic E-state index is 11.6. The molecule has 0 aliphatic heterocycles. The van der Waals surface area contributed by atoms with E-state index in [1.165, 1.54) is 20.8 Å². The summed E-state index contributed by atoms with van der Waals surface area (Å²) in [7, 11) is 1.56. The molecule has 0 bridgehead atoms. The molecular weight excluding hydrogens is 1220 g/mol. The summed E-state index contributed by atoms with van der Waals surface area (Å²) in [5.41, 5.74) is 9.33. The van der Waals surface area contributed by atoms with Crippen molar-refractivity contribution in [2.45, 2.75) is 64.5 Å². The Morgan fingerprint density at radius 2 is 1.48 bits per heavy atom. The molecule has 0 aromatic carbocycles. The van der Waals surface area contributed by atoms with Crippen LogP contribution in [0, 0.1) is 4.77 Å². The van der Waals surface area contributed by atoms with Crippen molar-refractivity contribution in [3.05, 3.63) is 61.0 Å². The monoisotopic (exact) mass is 1250 g/mol. The van der Waals surface area contributed by atoms with Gasteiger partial charge in [0, 0.05) is 79.6 Å². The van der Waals surface area contributed by atoms with E-state index in [9.17, 15) is 9.59 Å².